The highest BCUT2D eigenvalue weighted by Gasteiger charge is 2.59. The van der Waals surface area contributed by atoms with Gasteiger partial charge in [-0.3, -0.25) is 0 Å². The van der Waals surface area contributed by atoms with Crippen molar-refractivity contribution >= 4 is 0 Å². The van der Waals surface area contributed by atoms with Crippen LogP contribution in [0.2, 0.25) is 0 Å². The lowest BCUT2D eigenvalue weighted by Gasteiger charge is -2.56. The van der Waals surface area contributed by atoms with E-state index in [1.807, 2.05) is 0 Å². The van der Waals surface area contributed by atoms with Gasteiger partial charge in [0.05, 0.1) is 6.10 Å². The van der Waals surface area contributed by atoms with E-state index in [4.69, 9.17) is 4.74 Å². The van der Waals surface area contributed by atoms with E-state index >= 15 is 0 Å². The maximum absolute atomic E-state index is 5.88. The Labute approximate surface area is 112 Å². The molecule has 3 aliphatic rings. The third kappa shape index (κ3) is 2.02. The molecule has 104 valence electrons. The Morgan fingerprint density at radius 3 is 2.56 bits per heavy atom. The van der Waals surface area contributed by atoms with E-state index in [-0.39, 0.29) is 0 Å². The molecule has 1 aliphatic heterocycles. The second kappa shape index (κ2) is 4.79. The Morgan fingerprint density at radius 2 is 1.83 bits per heavy atom. The van der Waals surface area contributed by atoms with Gasteiger partial charge >= 0.3 is 0 Å². The van der Waals surface area contributed by atoms with Gasteiger partial charge in [0.25, 0.3) is 0 Å². The van der Waals surface area contributed by atoms with Crippen molar-refractivity contribution in [1.29, 1.82) is 0 Å². The Morgan fingerprint density at radius 1 is 1.11 bits per heavy atom. The van der Waals surface area contributed by atoms with Crippen LogP contribution in [-0.4, -0.2) is 24.8 Å². The van der Waals surface area contributed by atoms with Crippen LogP contribution in [0, 0.1) is 17.3 Å². The molecule has 3 rings (SSSR count). The lowest BCUT2D eigenvalue weighted by molar-refractivity contribution is -0.116. The summed E-state index contributed by atoms with van der Waals surface area (Å²) in [5.74, 6) is 1.70. The summed E-state index contributed by atoms with van der Waals surface area (Å²) >= 11 is 0. The molecule has 0 aromatic carbocycles. The van der Waals surface area contributed by atoms with Crippen LogP contribution in [-0.2, 0) is 4.74 Å². The van der Waals surface area contributed by atoms with E-state index in [1.165, 1.54) is 38.5 Å². The first-order chi connectivity index (χ1) is 8.60. The molecule has 3 fully saturated rings. The zero-order valence-electron chi connectivity index (χ0n) is 12.2. The van der Waals surface area contributed by atoms with Crippen LogP contribution in [0.4, 0.5) is 0 Å². The van der Waals surface area contributed by atoms with Crippen LogP contribution in [0.1, 0.15) is 59.3 Å². The molecule has 0 amide bonds. The molecular weight excluding hydrogens is 222 g/mol. The van der Waals surface area contributed by atoms with E-state index < -0.39 is 0 Å². The van der Waals surface area contributed by atoms with E-state index in [9.17, 15) is 0 Å². The Balaban J connectivity index is 1.58. The first kappa shape index (κ1) is 12.9. The van der Waals surface area contributed by atoms with Gasteiger partial charge in [-0.25, -0.2) is 0 Å². The highest BCUT2D eigenvalue weighted by molar-refractivity contribution is 5.11. The van der Waals surface area contributed by atoms with Crippen molar-refractivity contribution in [2.45, 2.75) is 77.5 Å². The van der Waals surface area contributed by atoms with Gasteiger partial charge in [0.2, 0.25) is 0 Å². The molecule has 0 aromatic heterocycles. The van der Waals surface area contributed by atoms with Crippen molar-refractivity contribution in [2.24, 2.45) is 17.3 Å². The molecule has 2 nitrogen and oxygen atoms in total. The SMILES string of the molecule is CC(NC1C2CCOC2C1(C)C)C1CCCCC1. The van der Waals surface area contributed by atoms with Crippen molar-refractivity contribution in [3.8, 4) is 0 Å². The molecule has 0 radical (unpaired) electrons. The molecule has 0 aromatic rings. The first-order valence-electron chi connectivity index (χ1n) is 7.98. The first-order valence-corrected chi connectivity index (χ1v) is 7.98. The van der Waals surface area contributed by atoms with Crippen molar-refractivity contribution in [3.05, 3.63) is 0 Å². The Hall–Kier alpha value is -0.0800. The largest absolute Gasteiger partial charge is 0.377 e. The second-order valence-electron chi connectivity index (χ2n) is 7.40. The van der Waals surface area contributed by atoms with Crippen molar-refractivity contribution in [3.63, 3.8) is 0 Å². The standard InChI is InChI=1S/C16H29NO/c1-11(12-7-5-4-6-8-12)17-14-13-9-10-18-15(13)16(14,2)3/h11-15,17H,4-10H2,1-3H3. The quantitative estimate of drug-likeness (QED) is 0.830. The molecule has 0 spiro atoms. The van der Waals surface area contributed by atoms with Gasteiger partial charge in [-0.2, -0.15) is 0 Å². The fourth-order valence-electron chi connectivity index (χ4n) is 4.72. The Bertz CT molecular complexity index is 295. The number of fused-ring (bicyclic) bond motifs is 1. The van der Waals surface area contributed by atoms with E-state index in [0.29, 0.717) is 23.6 Å². The fourth-order valence-corrected chi connectivity index (χ4v) is 4.72. The van der Waals surface area contributed by atoms with Crippen LogP contribution in [0.3, 0.4) is 0 Å². The highest BCUT2D eigenvalue weighted by Crippen LogP contribution is 2.52. The molecule has 1 saturated heterocycles. The molecule has 4 unspecified atom stereocenters. The lowest BCUT2D eigenvalue weighted by Crippen LogP contribution is -2.67. The van der Waals surface area contributed by atoms with E-state index in [2.05, 4.69) is 26.1 Å². The summed E-state index contributed by atoms with van der Waals surface area (Å²) in [6.45, 7) is 8.15. The average molecular weight is 251 g/mol. The molecule has 0 bridgehead atoms. The highest BCUT2D eigenvalue weighted by atomic mass is 16.5. The summed E-state index contributed by atoms with van der Waals surface area (Å²) in [4.78, 5) is 0. The van der Waals surface area contributed by atoms with Gasteiger partial charge in [-0.1, -0.05) is 33.1 Å². The van der Waals surface area contributed by atoms with Gasteiger partial charge in [0.1, 0.15) is 0 Å². The van der Waals surface area contributed by atoms with E-state index in [1.54, 1.807) is 0 Å². The summed E-state index contributed by atoms with van der Waals surface area (Å²) in [6.07, 6.45) is 9.01. The molecule has 18 heavy (non-hydrogen) atoms. The molecular formula is C16H29NO. The minimum Gasteiger partial charge on any atom is -0.377 e. The van der Waals surface area contributed by atoms with Crippen LogP contribution in [0.5, 0.6) is 0 Å². The van der Waals surface area contributed by atoms with Gasteiger partial charge in [-0.05, 0) is 32.1 Å². The maximum Gasteiger partial charge on any atom is 0.0685 e. The van der Waals surface area contributed by atoms with Crippen molar-refractivity contribution < 1.29 is 4.74 Å². The van der Waals surface area contributed by atoms with Crippen LogP contribution in [0.25, 0.3) is 0 Å². The minimum absolute atomic E-state index is 0.337. The summed E-state index contributed by atoms with van der Waals surface area (Å²) in [5, 5.41) is 3.97. The third-order valence-corrected chi connectivity index (χ3v) is 5.90. The molecule has 1 heterocycles. The third-order valence-electron chi connectivity index (χ3n) is 5.90. The monoisotopic (exact) mass is 251 g/mol. The Kier molecular flexibility index (Phi) is 3.44. The molecule has 4 atom stereocenters. The molecule has 1 N–H and O–H groups in total. The van der Waals surface area contributed by atoms with Crippen LogP contribution < -0.4 is 5.32 Å². The second-order valence-corrected chi connectivity index (χ2v) is 7.40. The predicted molar refractivity (Wildman–Crippen MR) is 74.6 cm³/mol. The summed E-state index contributed by atoms with van der Waals surface area (Å²) in [5.41, 5.74) is 0.337. The fraction of sp³-hybridized carbons (Fsp3) is 1.00. The number of rotatable bonds is 3. The zero-order valence-corrected chi connectivity index (χ0v) is 12.2. The lowest BCUT2D eigenvalue weighted by atomic mass is 9.57. The maximum atomic E-state index is 5.88. The molecule has 2 aliphatic carbocycles. The van der Waals surface area contributed by atoms with E-state index in [0.717, 1.165) is 18.4 Å². The van der Waals surface area contributed by atoms with Crippen molar-refractivity contribution in [2.75, 3.05) is 6.61 Å². The van der Waals surface area contributed by atoms with Crippen LogP contribution in [0.15, 0.2) is 0 Å². The topological polar surface area (TPSA) is 21.3 Å². The summed E-state index contributed by atoms with van der Waals surface area (Å²) in [7, 11) is 0. The minimum atomic E-state index is 0.337. The normalized spacial score (nSPS) is 41.2. The molecule has 2 heteroatoms. The number of nitrogens with one attached hydrogen (secondary N) is 1. The smallest absolute Gasteiger partial charge is 0.0685 e. The van der Waals surface area contributed by atoms with Gasteiger partial charge in [-0.15, -0.1) is 0 Å². The van der Waals surface area contributed by atoms with Gasteiger partial charge < -0.3 is 10.1 Å². The van der Waals surface area contributed by atoms with Gasteiger partial charge in [0, 0.05) is 30.0 Å². The van der Waals surface area contributed by atoms with Crippen LogP contribution >= 0.6 is 0 Å². The van der Waals surface area contributed by atoms with Gasteiger partial charge in [0.15, 0.2) is 0 Å². The number of hydrogen-bond donors (Lipinski definition) is 1. The zero-order chi connectivity index (χ0) is 12.8. The number of ether oxygens (including phenoxy) is 1. The predicted octanol–water partition coefficient (Wildman–Crippen LogP) is 3.36. The summed E-state index contributed by atoms with van der Waals surface area (Å²) in [6, 6.07) is 1.37. The van der Waals surface area contributed by atoms with Crippen molar-refractivity contribution in [1.82, 2.24) is 5.32 Å². The summed E-state index contributed by atoms with van der Waals surface area (Å²) < 4.78 is 5.88. The number of hydrogen-bond acceptors (Lipinski definition) is 2. The molecule has 2 saturated carbocycles. The average Bonchev–Trinajstić information content (AvgIpc) is 2.83.